The van der Waals surface area contributed by atoms with Crippen molar-refractivity contribution in [3.63, 3.8) is 0 Å². The number of hydrogen-bond donors (Lipinski definition) is 1. The Balaban J connectivity index is 1.84. The van der Waals surface area contributed by atoms with E-state index in [1.165, 1.54) is 26.9 Å². The summed E-state index contributed by atoms with van der Waals surface area (Å²) in [6.07, 6.45) is 0.952. The van der Waals surface area contributed by atoms with Crippen LogP contribution in [0.15, 0.2) is 36.4 Å². The van der Waals surface area contributed by atoms with Crippen LogP contribution in [-0.2, 0) is 10.2 Å². The van der Waals surface area contributed by atoms with Crippen LogP contribution in [0.25, 0.3) is 0 Å². The molecular formula is C23H31NO5. The van der Waals surface area contributed by atoms with Crippen molar-refractivity contribution in [2.45, 2.75) is 39.0 Å². The molecule has 2 rings (SSSR count). The Hall–Kier alpha value is -2.89. The Morgan fingerprint density at radius 1 is 0.931 bits per heavy atom. The van der Waals surface area contributed by atoms with Gasteiger partial charge in [-0.3, -0.25) is 4.79 Å². The summed E-state index contributed by atoms with van der Waals surface area (Å²) in [6.45, 7) is 7.00. The number of hydrogen-bond acceptors (Lipinski definition) is 5. The molecule has 0 heterocycles. The molecule has 2 aromatic carbocycles. The standard InChI is InChI=1S/C23H31NO5/c1-23(2,3)16-9-11-18(12-10-16)29-13-7-8-21(25)24-17-14-19(26-4)22(28-6)20(15-17)27-5/h9-12,14-15H,7-8,13H2,1-6H3,(H,24,25). The summed E-state index contributed by atoms with van der Waals surface area (Å²) < 4.78 is 21.6. The number of nitrogens with one attached hydrogen (secondary N) is 1. The highest BCUT2D eigenvalue weighted by atomic mass is 16.5. The lowest BCUT2D eigenvalue weighted by molar-refractivity contribution is -0.116. The summed E-state index contributed by atoms with van der Waals surface area (Å²) in [5, 5.41) is 2.86. The van der Waals surface area contributed by atoms with Crippen molar-refractivity contribution >= 4 is 11.6 Å². The first-order valence-electron chi connectivity index (χ1n) is 9.61. The lowest BCUT2D eigenvalue weighted by Gasteiger charge is -2.19. The molecule has 0 aromatic heterocycles. The van der Waals surface area contributed by atoms with E-state index >= 15 is 0 Å². The second kappa shape index (κ2) is 10.0. The first-order valence-corrected chi connectivity index (χ1v) is 9.61. The van der Waals surface area contributed by atoms with E-state index in [9.17, 15) is 4.79 Å². The molecule has 6 nitrogen and oxygen atoms in total. The third-order valence-electron chi connectivity index (χ3n) is 4.49. The zero-order chi connectivity index (χ0) is 21.4. The van der Waals surface area contributed by atoms with Crippen LogP contribution < -0.4 is 24.3 Å². The second-order valence-corrected chi connectivity index (χ2v) is 7.69. The van der Waals surface area contributed by atoms with Gasteiger partial charge in [-0.25, -0.2) is 0 Å². The molecule has 0 spiro atoms. The minimum atomic E-state index is -0.106. The van der Waals surface area contributed by atoms with Crippen molar-refractivity contribution in [1.29, 1.82) is 0 Å². The summed E-state index contributed by atoms with van der Waals surface area (Å²) in [4.78, 5) is 12.3. The summed E-state index contributed by atoms with van der Waals surface area (Å²) >= 11 is 0. The maximum Gasteiger partial charge on any atom is 0.224 e. The van der Waals surface area contributed by atoms with E-state index < -0.39 is 0 Å². The number of anilines is 1. The summed E-state index contributed by atoms with van der Waals surface area (Å²) in [5.41, 5.74) is 1.96. The maximum atomic E-state index is 12.3. The van der Waals surface area contributed by atoms with Gasteiger partial charge in [0.2, 0.25) is 11.7 Å². The van der Waals surface area contributed by atoms with Crippen LogP contribution in [0.5, 0.6) is 23.0 Å². The van der Waals surface area contributed by atoms with Gasteiger partial charge >= 0.3 is 0 Å². The second-order valence-electron chi connectivity index (χ2n) is 7.69. The molecule has 0 atom stereocenters. The molecule has 158 valence electrons. The van der Waals surface area contributed by atoms with Gasteiger partial charge in [-0.15, -0.1) is 0 Å². The van der Waals surface area contributed by atoms with E-state index in [0.717, 1.165) is 5.75 Å². The highest BCUT2D eigenvalue weighted by Crippen LogP contribution is 2.39. The average Bonchev–Trinajstić information content (AvgIpc) is 2.70. The monoisotopic (exact) mass is 401 g/mol. The van der Waals surface area contributed by atoms with E-state index in [0.29, 0.717) is 42.4 Å². The molecule has 0 unspecified atom stereocenters. The fourth-order valence-electron chi connectivity index (χ4n) is 2.85. The van der Waals surface area contributed by atoms with Gasteiger partial charge in [-0.2, -0.15) is 0 Å². The van der Waals surface area contributed by atoms with Crippen LogP contribution in [0.4, 0.5) is 5.69 Å². The van der Waals surface area contributed by atoms with Gasteiger partial charge in [0.15, 0.2) is 11.5 Å². The molecule has 0 saturated heterocycles. The topological polar surface area (TPSA) is 66.0 Å². The number of benzene rings is 2. The van der Waals surface area contributed by atoms with Crippen LogP contribution in [0.3, 0.4) is 0 Å². The molecule has 0 bridgehead atoms. The molecular weight excluding hydrogens is 370 g/mol. The van der Waals surface area contributed by atoms with Gasteiger partial charge in [-0.05, 0) is 29.5 Å². The van der Waals surface area contributed by atoms with Gasteiger partial charge in [0, 0.05) is 24.2 Å². The minimum Gasteiger partial charge on any atom is -0.494 e. The number of amides is 1. The van der Waals surface area contributed by atoms with Gasteiger partial charge in [0.25, 0.3) is 0 Å². The van der Waals surface area contributed by atoms with Crippen molar-refractivity contribution in [2.24, 2.45) is 0 Å². The predicted molar refractivity (Wildman–Crippen MR) is 115 cm³/mol. The zero-order valence-corrected chi connectivity index (χ0v) is 18.1. The van der Waals surface area contributed by atoms with Crippen LogP contribution in [0.2, 0.25) is 0 Å². The summed E-state index contributed by atoms with van der Waals surface area (Å²) in [6, 6.07) is 11.5. The molecule has 6 heteroatoms. The molecule has 2 aromatic rings. The molecule has 0 aliphatic carbocycles. The van der Waals surface area contributed by atoms with E-state index in [4.69, 9.17) is 18.9 Å². The van der Waals surface area contributed by atoms with Crippen LogP contribution >= 0.6 is 0 Å². The quantitative estimate of drug-likeness (QED) is 0.611. The summed E-state index contributed by atoms with van der Waals surface area (Å²) in [7, 11) is 4.61. The fraction of sp³-hybridized carbons (Fsp3) is 0.435. The van der Waals surface area contributed by atoms with Gasteiger partial charge in [0.1, 0.15) is 5.75 Å². The van der Waals surface area contributed by atoms with Crippen molar-refractivity contribution in [3.8, 4) is 23.0 Å². The minimum absolute atomic E-state index is 0.106. The smallest absolute Gasteiger partial charge is 0.224 e. The predicted octanol–water partition coefficient (Wildman–Crippen LogP) is 4.81. The molecule has 0 aliphatic heterocycles. The number of carbonyl (C=O) groups is 1. The number of ether oxygens (including phenoxy) is 4. The largest absolute Gasteiger partial charge is 0.494 e. The zero-order valence-electron chi connectivity index (χ0n) is 18.1. The molecule has 1 amide bonds. The Kier molecular flexibility index (Phi) is 7.76. The SMILES string of the molecule is COc1cc(NC(=O)CCCOc2ccc(C(C)(C)C)cc2)cc(OC)c1OC. The number of carbonyl (C=O) groups excluding carboxylic acids is 1. The van der Waals surface area contributed by atoms with E-state index in [1.807, 2.05) is 12.1 Å². The average molecular weight is 402 g/mol. The molecule has 0 radical (unpaired) electrons. The number of methoxy groups -OCH3 is 3. The lowest BCUT2D eigenvalue weighted by atomic mass is 9.87. The highest BCUT2D eigenvalue weighted by Gasteiger charge is 2.15. The third kappa shape index (κ3) is 6.31. The van der Waals surface area contributed by atoms with Gasteiger partial charge in [-0.1, -0.05) is 32.9 Å². The Morgan fingerprint density at radius 3 is 2.00 bits per heavy atom. The molecule has 29 heavy (non-hydrogen) atoms. The van der Waals surface area contributed by atoms with Gasteiger partial charge in [0.05, 0.1) is 27.9 Å². The molecule has 0 saturated carbocycles. The number of rotatable bonds is 9. The van der Waals surface area contributed by atoms with E-state index in [1.54, 1.807) is 12.1 Å². The molecule has 0 fully saturated rings. The van der Waals surface area contributed by atoms with E-state index in [2.05, 4.69) is 38.2 Å². The maximum absolute atomic E-state index is 12.3. The highest BCUT2D eigenvalue weighted by molar-refractivity contribution is 5.91. The van der Waals surface area contributed by atoms with Gasteiger partial charge < -0.3 is 24.3 Å². The van der Waals surface area contributed by atoms with Crippen molar-refractivity contribution in [1.82, 2.24) is 0 Å². The molecule has 1 N–H and O–H groups in total. The lowest BCUT2D eigenvalue weighted by Crippen LogP contribution is -2.13. The Morgan fingerprint density at radius 2 is 1.52 bits per heavy atom. The Bertz CT molecular complexity index is 784. The van der Waals surface area contributed by atoms with Crippen molar-refractivity contribution in [2.75, 3.05) is 33.3 Å². The van der Waals surface area contributed by atoms with Crippen LogP contribution in [0, 0.1) is 0 Å². The van der Waals surface area contributed by atoms with Crippen LogP contribution in [0.1, 0.15) is 39.2 Å². The summed E-state index contributed by atoms with van der Waals surface area (Å²) in [5.74, 6) is 2.17. The molecule has 0 aliphatic rings. The van der Waals surface area contributed by atoms with Crippen molar-refractivity contribution in [3.05, 3.63) is 42.0 Å². The third-order valence-corrected chi connectivity index (χ3v) is 4.49. The first kappa shape index (κ1) is 22.4. The van der Waals surface area contributed by atoms with Crippen LogP contribution in [-0.4, -0.2) is 33.8 Å². The first-order chi connectivity index (χ1) is 13.8. The van der Waals surface area contributed by atoms with Crippen molar-refractivity contribution < 1.29 is 23.7 Å². The van der Waals surface area contributed by atoms with E-state index in [-0.39, 0.29) is 11.3 Å². The fourth-order valence-corrected chi connectivity index (χ4v) is 2.85. The Labute approximate surface area is 173 Å². The normalized spacial score (nSPS) is 11.0.